The van der Waals surface area contributed by atoms with E-state index in [4.69, 9.17) is 5.73 Å². The molecule has 0 amide bonds. The van der Waals surface area contributed by atoms with E-state index in [0.717, 1.165) is 10.9 Å². The number of anilines is 1. The summed E-state index contributed by atoms with van der Waals surface area (Å²) in [5.74, 6) is -1.32. The molecular weight excluding hydrogens is 363 g/mol. The fraction of sp³-hybridized carbons (Fsp3) is 0.182. The molecule has 4 rings (SSSR count). The molecule has 0 saturated carbocycles. The minimum absolute atomic E-state index is 0.188. The standard InChI is InChI=1S/C22H18F3N3/c1-13-7-8-16-17-10-14(12-27-20(17)21(26)28-19(16)9-13)11-18(22(23,24)25)15-5-3-2-4-6-15/h2-10,12,18H,11H2,1H3,(H2,26,28). The molecular formula is C22H18F3N3. The van der Waals surface area contributed by atoms with E-state index in [-0.39, 0.29) is 17.8 Å². The molecule has 4 aromatic rings. The summed E-state index contributed by atoms with van der Waals surface area (Å²) in [6.45, 7) is 1.95. The van der Waals surface area contributed by atoms with E-state index in [1.165, 1.54) is 18.3 Å². The minimum Gasteiger partial charge on any atom is -0.382 e. The number of pyridine rings is 2. The zero-order valence-corrected chi connectivity index (χ0v) is 15.2. The molecule has 3 nitrogen and oxygen atoms in total. The zero-order chi connectivity index (χ0) is 19.9. The Hall–Kier alpha value is -3.15. The average Bonchev–Trinajstić information content (AvgIpc) is 2.65. The van der Waals surface area contributed by atoms with Crippen molar-refractivity contribution >= 4 is 27.6 Å². The molecule has 0 aliphatic carbocycles. The number of hydrogen-bond donors (Lipinski definition) is 1. The summed E-state index contributed by atoms with van der Waals surface area (Å²) in [6.07, 6.45) is -3.08. The van der Waals surface area contributed by atoms with E-state index < -0.39 is 12.1 Å². The summed E-state index contributed by atoms with van der Waals surface area (Å²) < 4.78 is 41.1. The van der Waals surface area contributed by atoms with Gasteiger partial charge in [-0.3, -0.25) is 4.98 Å². The summed E-state index contributed by atoms with van der Waals surface area (Å²) in [5.41, 5.74) is 9.02. The summed E-state index contributed by atoms with van der Waals surface area (Å²) in [5, 5.41) is 1.54. The highest BCUT2D eigenvalue weighted by atomic mass is 19.4. The molecule has 1 unspecified atom stereocenters. The van der Waals surface area contributed by atoms with Crippen LogP contribution in [0.5, 0.6) is 0 Å². The second-order valence-electron chi connectivity index (χ2n) is 6.97. The van der Waals surface area contributed by atoms with Gasteiger partial charge in [0.1, 0.15) is 5.52 Å². The Morgan fingerprint density at radius 1 is 1.00 bits per heavy atom. The molecule has 2 heterocycles. The first-order valence-electron chi connectivity index (χ1n) is 8.89. The van der Waals surface area contributed by atoms with Crippen molar-refractivity contribution < 1.29 is 13.2 Å². The lowest BCUT2D eigenvalue weighted by Gasteiger charge is -2.21. The van der Waals surface area contributed by atoms with Crippen LogP contribution in [0, 0.1) is 6.92 Å². The van der Waals surface area contributed by atoms with E-state index in [2.05, 4.69) is 9.97 Å². The lowest BCUT2D eigenvalue weighted by atomic mass is 9.91. The highest BCUT2D eigenvalue weighted by molar-refractivity contribution is 6.08. The maximum absolute atomic E-state index is 13.7. The molecule has 2 aromatic heterocycles. The van der Waals surface area contributed by atoms with Gasteiger partial charge in [-0.25, -0.2) is 4.98 Å². The van der Waals surface area contributed by atoms with Crippen molar-refractivity contribution in [2.75, 3.05) is 5.73 Å². The molecule has 0 aliphatic rings. The first-order valence-corrected chi connectivity index (χ1v) is 8.89. The summed E-state index contributed by atoms with van der Waals surface area (Å²) in [6, 6.07) is 15.5. The van der Waals surface area contributed by atoms with Crippen LogP contribution < -0.4 is 5.73 Å². The lowest BCUT2D eigenvalue weighted by molar-refractivity contribution is -0.150. The molecule has 142 valence electrons. The van der Waals surface area contributed by atoms with Gasteiger partial charge in [0.05, 0.1) is 11.4 Å². The molecule has 1 atom stereocenters. The Kier molecular flexibility index (Phi) is 4.41. The quantitative estimate of drug-likeness (QED) is 0.473. The van der Waals surface area contributed by atoms with Crippen LogP contribution in [0.25, 0.3) is 21.8 Å². The van der Waals surface area contributed by atoms with Gasteiger partial charge in [-0.15, -0.1) is 0 Å². The van der Waals surface area contributed by atoms with Gasteiger partial charge in [0, 0.05) is 17.0 Å². The maximum atomic E-state index is 13.7. The Bertz CT molecular complexity index is 1150. The second kappa shape index (κ2) is 6.78. The van der Waals surface area contributed by atoms with Gasteiger partial charge in [-0.2, -0.15) is 13.2 Å². The molecule has 28 heavy (non-hydrogen) atoms. The van der Waals surface area contributed by atoms with Crippen LogP contribution >= 0.6 is 0 Å². The first-order chi connectivity index (χ1) is 13.3. The SMILES string of the molecule is Cc1ccc2c(c1)nc(N)c1ncc(CC(c3ccccc3)C(F)(F)F)cc12. The third-order valence-electron chi connectivity index (χ3n) is 4.91. The van der Waals surface area contributed by atoms with Gasteiger partial charge >= 0.3 is 6.18 Å². The number of aryl methyl sites for hydroxylation is 1. The Labute approximate surface area is 160 Å². The van der Waals surface area contributed by atoms with Crippen molar-refractivity contribution in [2.45, 2.75) is 25.4 Å². The van der Waals surface area contributed by atoms with Crippen molar-refractivity contribution in [2.24, 2.45) is 0 Å². The number of aromatic nitrogens is 2. The number of fused-ring (bicyclic) bond motifs is 3. The molecule has 0 spiro atoms. The van der Waals surface area contributed by atoms with Crippen LogP contribution in [0.2, 0.25) is 0 Å². The van der Waals surface area contributed by atoms with Crippen LogP contribution in [0.1, 0.15) is 22.6 Å². The average molecular weight is 381 g/mol. The minimum atomic E-state index is -4.35. The number of nitrogens with two attached hydrogens (primary N) is 1. The van der Waals surface area contributed by atoms with Crippen molar-refractivity contribution in [3.05, 3.63) is 77.5 Å². The molecule has 0 aliphatic heterocycles. The van der Waals surface area contributed by atoms with Crippen molar-refractivity contribution in [3.63, 3.8) is 0 Å². The fourth-order valence-corrected chi connectivity index (χ4v) is 3.52. The summed E-state index contributed by atoms with van der Waals surface area (Å²) in [4.78, 5) is 8.70. The topological polar surface area (TPSA) is 51.8 Å². The Morgan fingerprint density at radius 2 is 1.75 bits per heavy atom. The number of benzene rings is 2. The van der Waals surface area contributed by atoms with Crippen LogP contribution in [0.4, 0.5) is 19.0 Å². The highest BCUT2D eigenvalue weighted by Gasteiger charge is 2.40. The molecule has 2 N–H and O–H groups in total. The molecule has 6 heteroatoms. The van der Waals surface area contributed by atoms with Crippen LogP contribution in [-0.4, -0.2) is 16.1 Å². The molecule has 0 fully saturated rings. The van der Waals surface area contributed by atoms with Gasteiger partial charge in [0.2, 0.25) is 0 Å². The summed E-state index contributed by atoms with van der Waals surface area (Å²) in [7, 11) is 0. The number of nitrogen functional groups attached to an aromatic ring is 1. The van der Waals surface area contributed by atoms with Crippen molar-refractivity contribution in [3.8, 4) is 0 Å². The van der Waals surface area contributed by atoms with Crippen molar-refractivity contribution in [1.82, 2.24) is 9.97 Å². The highest BCUT2D eigenvalue weighted by Crippen LogP contribution is 2.38. The van der Waals surface area contributed by atoms with Gasteiger partial charge in [0.15, 0.2) is 5.82 Å². The number of alkyl halides is 3. The smallest absolute Gasteiger partial charge is 0.382 e. The van der Waals surface area contributed by atoms with E-state index in [1.54, 1.807) is 24.3 Å². The fourth-order valence-electron chi connectivity index (χ4n) is 3.52. The Morgan fingerprint density at radius 3 is 2.46 bits per heavy atom. The van der Waals surface area contributed by atoms with Gasteiger partial charge in [-0.1, -0.05) is 42.5 Å². The Balaban J connectivity index is 1.83. The van der Waals surface area contributed by atoms with E-state index >= 15 is 0 Å². The number of hydrogen-bond acceptors (Lipinski definition) is 3. The largest absolute Gasteiger partial charge is 0.396 e. The maximum Gasteiger partial charge on any atom is 0.396 e. The summed E-state index contributed by atoms with van der Waals surface area (Å²) >= 11 is 0. The van der Waals surface area contributed by atoms with Gasteiger partial charge in [0.25, 0.3) is 0 Å². The first kappa shape index (κ1) is 18.2. The third-order valence-corrected chi connectivity index (χ3v) is 4.91. The number of rotatable bonds is 3. The second-order valence-corrected chi connectivity index (χ2v) is 6.97. The molecule has 0 radical (unpaired) electrons. The predicted molar refractivity (Wildman–Crippen MR) is 105 cm³/mol. The number of nitrogens with zero attached hydrogens (tertiary/aromatic N) is 2. The van der Waals surface area contributed by atoms with E-state index in [9.17, 15) is 13.2 Å². The van der Waals surface area contributed by atoms with Gasteiger partial charge < -0.3 is 5.73 Å². The third kappa shape index (κ3) is 3.38. The van der Waals surface area contributed by atoms with Gasteiger partial charge in [-0.05, 0) is 42.2 Å². The molecule has 0 bridgehead atoms. The number of halogens is 3. The normalized spacial score (nSPS) is 13.1. The van der Waals surface area contributed by atoms with Crippen LogP contribution in [0.15, 0.2) is 60.8 Å². The van der Waals surface area contributed by atoms with E-state index in [1.807, 2.05) is 25.1 Å². The van der Waals surface area contributed by atoms with Crippen LogP contribution in [-0.2, 0) is 6.42 Å². The molecule has 0 saturated heterocycles. The van der Waals surface area contributed by atoms with Crippen molar-refractivity contribution in [1.29, 1.82) is 0 Å². The lowest BCUT2D eigenvalue weighted by Crippen LogP contribution is -2.23. The predicted octanol–water partition coefficient (Wildman–Crippen LogP) is 5.56. The molecule has 2 aromatic carbocycles. The van der Waals surface area contributed by atoms with Crippen LogP contribution in [0.3, 0.4) is 0 Å². The van der Waals surface area contributed by atoms with E-state index in [0.29, 0.717) is 22.0 Å². The zero-order valence-electron chi connectivity index (χ0n) is 15.2. The monoisotopic (exact) mass is 381 g/mol.